The van der Waals surface area contributed by atoms with E-state index in [9.17, 15) is 0 Å². The van der Waals surface area contributed by atoms with Crippen LogP contribution in [0.2, 0.25) is 10.0 Å². The van der Waals surface area contributed by atoms with Crippen molar-refractivity contribution >= 4 is 23.2 Å². The van der Waals surface area contributed by atoms with Crippen molar-refractivity contribution in [2.24, 2.45) is 11.8 Å². The highest BCUT2D eigenvalue weighted by Crippen LogP contribution is 2.58. The minimum atomic E-state index is 0.256. The number of fused-ring (bicyclic) bond motifs is 2. The van der Waals surface area contributed by atoms with E-state index in [-0.39, 0.29) is 12.1 Å². The molecule has 0 aromatic heterocycles. The van der Waals surface area contributed by atoms with Gasteiger partial charge in [-0.15, -0.1) is 0 Å². The molecule has 4 aromatic rings. The van der Waals surface area contributed by atoms with E-state index in [1.807, 2.05) is 24.3 Å². The highest BCUT2D eigenvalue weighted by atomic mass is 35.5. The van der Waals surface area contributed by atoms with Crippen molar-refractivity contribution in [1.82, 2.24) is 5.32 Å². The highest BCUT2D eigenvalue weighted by Gasteiger charge is 2.49. The van der Waals surface area contributed by atoms with Gasteiger partial charge in [0.25, 0.3) is 0 Å². The number of hydrogen-bond donors (Lipinski definition) is 1. The second kappa shape index (κ2) is 9.82. The third-order valence-electron chi connectivity index (χ3n) is 8.21. The van der Waals surface area contributed by atoms with E-state index in [4.69, 9.17) is 23.2 Å². The van der Waals surface area contributed by atoms with Crippen molar-refractivity contribution < 1.29 is 0 Å². The molecule has 2 fully saturated rings. The molecule has 0 amide bonds. The Balaban J connectivity index is 1.46. The number of halogens is 2. The molecule has 35 heavy (non-hydrogen) atoms. The maximum atomic E-state index is 6.27. The van der Waals surface area contributed by atoms with Gasteiger partial charge in [-0.25, -0.2) is 0 Å². The standard InChI is InChI=1S/C32H29Cl2N/c33-25-15-11-23(12-16-25)31-29-20-30(32(35-31)24-13-17-26(34)18-14-24)28(22-9-5-2-6-10-22)19-27(29)21-7-3-1-4-8-21/h1-18,27-32,35H,19-20H2/t27-,28+,29-,30+,31-,32+. The van der Waals surface area contributed by atoms with E-state index < -0.39 is 0 Å². The average molecular weight is 498 g/mol. The summed E-state index contributed by atoms with van der Waals surface area (Å²) in [5.41, 5.74) is 5.52. The second-order valence-corrected chi connectivity index (χ2v) is 10.9. The fourth-order valence-corrected chi connectivity index (χ4v) is 6.89. The van der Waals surface area contributed by atoms with Gasteiger partial charge in [0.05, 0.1) is 0 Å². The van der Waals surface area contributed by atoms with E-state index in [0.29, 0.717) is 23.7 Å². The zero-order valence-electron chi connectivity index (χ0n) is 19.5. The first-order valence-electron chi connectivity index (χ1n) is 12.5. The van der Waals surface area contributed by atoms with Crippen molar-refractivity contribution in [2.45, 2.75) is 36.8 Å². The lowest BCUT2D eigenvalue weighted by Crippen LogP contribution is -2.49. The summed E-state index contributed by atoms with van der Waals surface area (Å²) in [6, 6.07) is 39.6. The molecule has 0 unspecified atom stereocenters. The van der Waals surface area contributed by atoms with E-state index >= 15 is 0 Å². The van der Waals surface area contributed by atoms with Crippen molar-refractivity contribution in [3.63, 3.8) is 0 Å². The van der Waals surface area contributed by atoms with Gasteiger partial charge in [0.15, 0.2) is 0 Å². The zero-order chi connectivity index (χ0) is 23.8. The first-order valence-corrected chi connectivity index (χ1v) is 13.3. The molecule has 1 aliphatic carbocycles. The zero-order valence-corrected chi connectivity index (χ0v) is 21.0. The molecule has 0 spiro atoms. The Labute approximate surface area is 218 Å². The van der Waals surface area contributed by atoms with Crippen molar-refractivity contribution in [1.29, 1.82) is 0 Å². The molecule has 3 heteroatoms. The molecule has 1 heterocycles. The van der Waals surface area contributed by atoms with Crippen molar-refractivity contribution in [2.75, 3.05) is 0 Å². The largest absolute Gasteiger partial charge is 0.303 e. The first-order chi connectivity index (χ1) is 17.2. The van der Waals surface area contributed by atoms with Crippen LogP contribution in [0.5, 0.6) is 0 Å². The van der Waals surface area contributed by atoms with Gasteiger partial charge in [-0.2, -0.15) is 0 Å². The summed E-state index contributed by atoms with van der Waals surface area (Å²) >= 11 is 12.5. The lowest BCUT2D eigenvalue weighted by atomic mass is 9.57. The summed E-state index contributed by atoms with van der Waals surface area (Å²) in [6.07, 6.45) is 2.33. The number of piperidine rings is 1. The van der Waals surface area contributed by atoms with Gasteiger partial charge >= 0.3 is 0 Å². The Bertz CT molecular complexity index is 1160. The Morgan fingerprint density at radius 2 is 0.857 bits per heavy atom. The van der Waals surface area contributed by atoms with Crippen LogP contribution in [-0.4, -0.2) is 0 Å². The second-order valence-electron chi connectivity index (χ2n) is 10.1. The monoisotopic (exact) mass is 497 g/mol. The Morgan fingerprint density at radius 3 is 1.26 bits per heavy atom. The Morgan fingerprint density at radius 1 is 0.457 bits per heavy atom. The minimum Gasteiger partial charge on any atom is -0.303 e. The molecule has 1 saturated heterocycles. The number of rotatable bonds is 4. The molecule has 1 nitrogen and oxygen atoms in total. The highest BCUT2D eigenvalue weighted by molar-refractivity contribution is 6.30. The van der Waals surface area contributed by atoms with E-state index in [1.54, 1.807) is 0 Å². The van der Waals surface area contributed by atoms with Crippen LogP contribution in [0.25, 0.3) is 0 Å². The molecule has 1 aliphatic heterocycles. The fraction of sp³-hybridized carbons (Fsp3) is 0.250. The lowest BCUT2D eigenvalue weighted by molar-refractivity contribution is 0.0682. The molecule has 6 rings (SSSR count). The smallest absolute Gasteiger partial charge is 0.0406 e. The minimum absolute atomic E-state index is 0.256. The van der Waals surface area contributed by atoms with Gasteiger partial charge in [-0.05, 0) is 83.0 Å². The summed E-state index contributed by atoms with van der Waals surface area (Å²) < 4.78 is 0. The summed E-state index contributed by atoms with van der Waals surface area (Å²) in [7, 11) is 0. The quantitative estimate of drug-likeness (QED) is 0.296. The van der Waals surface area contributed by atoms with Crippen LogP contribution >= 0.6 is 23.2 Å². The summed E-state index contributed by atoms with van der Waals surface area (Å²) in [6.45, 7) is 0. The molecule has 1 saturated carbocycles. The van der Waals surface area contributed by atoms with Crippen molar-refractivity contribution in [3.8, 4) is 0 Å². The molecule has 2 bridgehead atoms. The van der Waals surface area contributed by atoms with Crippen LogP contribution in [-0.2, 0) is 0 Å². The van der Waals surface area contributed by atoms with Crippen LogP contribution < -0.4 is 5.32 Å². The molecule has 6 atom stereocenters. The molecule has 4 aromatic carbocycles. The first kappa shape index (κ1) is 22.9. The summed E-state index contributed by atoms with van der Waals surface area (Å²) in [4.78, 5) is 0. The van der Waals surface area contributed by atoms with E-state index in [0.717, 1.165) is 16.5 Å². The summed E-state index contributed by atoms with van der Waals surface area (Å²) in [5.74, 6) is 1.98. The van der Waals surface area contributed by atoms with Gasteiger partial charge in [-0.1, -0.05) is 108 Å². The van der Waals surface area contributed by atoms with E-state index in [2.05, 4.69) is 90.2 Å². The number of benzene rings is 4. The summed E-state index contributed by atoms with van der Waals surface area (Å²) in [5, 5.41) is 5.70. The predicted octanol–water partition coefficient (Wildman–Crippen LogP) is 8.97. The third kappa shape index (κ3) is 4.54. The third-order valence-corrected chi connectivity index (χ3v) is 8.72. The molecule has 2 aliphatic rings. The molecular weight excluding hydrogens is 469 g/mol. The van der Waals surface area contributed by atoms with Crippen molar-refractivity contribution in [3.05, 3.63) is 141 Å². The molecule has 1 N–H and O–H groups in total. The van der Waals surface area contributed by atoms with Gasteiger partial charge in [0.1, 0.15) is 0 Å². The van der Waals surface area contributed by atoms with Gasteiger partial charge in [0, 0.05) is 22.1 Å². The van der Waals surface area contributed by atoms with E-state index in [1.165, 1.54) is 28.7 Å². The molecule has 0 radical (unpaired) electrons. The maximum Gasteiger partial charge on any atom is 0.0406 e. The van der Waals surface area contributed by atoms with Crippen LogP contribution in [0.3, 0.4) is 0 Å². The Kier molecular flexibility index (Phi) is 6.41. The fourth-order valence-electron chi connectivity index (χ4n) is 6.64. The van der Waals surface area contributed by atoms with Crippen LogP contribution in [0.4, 0.5) is 0 Å². The van der Waals surface area contributed by atoms with Gasteiger partial charge in [0.2, 0.25) is 0 Å². The normalized spacial score (nSPS) is 27.9. The topological polar surface area (TPSA) is 12.0 Å². The predicted molar refractivity (Wildman–Crippen MR) is 146 cm³/mol. The Hall–Kier alpha value is -2.58. The number of nitrogens with one attached hydrogen (secondary N) is 1. The van der Waals surface area contributed by atoms with Gasteiger partial charge in [-0.3, -0.25) is 0 Å². The SMILES string of the molecule is Clc1ccc([C@H]2N[C@@H](c3ccc(Cl)cc3)[C@H]3C[C@@H]2[C@@H](c2ccccc2)C[C@H]3c2ccccc2)cc1. The average Bonchev–Trinajstić information content (AvgIpc) is 2.91. The van der Waals surface area contributed by atoms with Gasteiger partial charge < -0.3 is 5.32 Å². The molecular formula is C32H29Cl2N. The van der Waals surface area contributed by atoms with Crippen LogP contribution in [0.15, 0.2) is 109 Å². The number of hydrogen-bond acceptors (Lipinski definition) is 1. The van der Waals surface area contributed by atoms with Crippen LogP contribution in [0.1, 0.15) is 59.0 Å². The lowest BCUT2D eigenvalue weighted by Gasteiger charge is -2.53. The molecule has 176 valence electrons. The van der Waals surface area contributed by atoms with Crippen LogP contribution in [0, 0.1) is 11.8 Å². The maximum absolute atomic E-state index is 6.27.